The van der Waals surface area contributed by atoms with Crippen molar-refractivity contribution in [1.29, 1.82) is 0 Å². The Balaban J connectivity index is 1.58. The third-order valence-corrected chi connectivity index (χ3v) is 10.9. The van der Waals surface area contributed by atoms with Crippen LogP contribution in [0.1, 0.15) is 96.9 Å². The van der Waals surface area contributed by atoms with Crippen LogP contribution < -0.4 is 5.32 Å². The molecule has 0 atom stereocenters. The van der Waals surface area contributed by atoms with E-state index in [4.69, 9.17) is 0 Å². The van der Waals surface area contributed by atoms with Crippen molar-refractivity contribution >= 4 is 44.1 Å². The van der Waals surface area contributed by atoms with Crippen molar-refractivity contribution in [1.82, 2.24) is 14.1 Å². The number of nitrogens with one attached hydrogen (secondary N) is 1. The van der Waals surface area contributed by atoms with Crippen molar-refractivity contribution in [2.45, 2.75) is 83.6 Å². The highest BCUT2D eigenvalue weighted by atomic mass is 32.2. The number of rotatable bonds is 11. The van der Waals surface area contributed by atoms with Gasteiger partial charge in [0.1, 0.15) is 5.00 Å². The van der Waals surface area contributed by atoms with E-state index in [0.717, 1.165) is 55.4 Å². The van der Waals surface area contributed by atoms with Gasteiger partial charge in [-0.15, -0.1) is 11.3 Å². The van der Waals surface area contributed by atoms with Gasteiger partial charge < -0.3 is 15.1 Å². The van der Waals surface area contributed by atoms with Gasteiger partial charge in [-0.2, -0.15) is 4.31 Å². The van der Waals surface area contributed by atoms with Crippen molar-refractivity contribution in [3.05, 3.63) is 45.8 Å². The molecule has 11 heteroatoms. The summed E-state index contributed by atoms with van der Waals surface area (Å²) in [6.45, 7) is 8.90. The molecule has 0 aliphatic carbocycles. The highest BCUT2D eigenvalue weighted by Gasteiger charge is 2.32. The van der Waals surface area contributed by atoms with E-state index < -0.39 is 15.9 Å². The SMILES string of the molecule is CCCCN(CCCC)S(=O)(=O)c1ccc(C(=O)Nc2sc3c(c2C(=O)N2CCCCC2)CCN(C(C)=O)C3)cc1. The molecule has 0 spiro atoms. The molecule has 3 amide bonds. The highest BCUT2D eigenvalue weighted by Crippen LogP contribution is 2.38. The first-order valence-electron chi connectivity index (χ1n) is 14.8. The monoisotopic (exact) mass is 602 g/mol. The Hall–Kier alpha value is -2.76. The minimum Gasteiger partial charge on any atom is -0.339 e. The van der Waals surface area contributed by atoms with Gasteiger partial charge >= 0.3 is 0 Å². The molecule has 1 aromatic heterocycles. The standard InChI is InChI=1S/C30H42N4O5S2/c1-4-6-18-34(19-7-5-2)41(38,39)24-13-11-23(12-14-24)28(36)31-29-27(30(37)32-16-9-8-10-17-32)25-15-20-33(22(3)35)21-26(25)40-29/h11-14H,4-10,15-21H2,1-3H3,(H,31,36). The minimum atomic E-state index is -3.67. The molecule has 2 aliphatic heterocycles. The average molecular weight is 603 g/mol. The predicted octanol–water partition coefficient (Wildman–Crippen LogP) is 5.12. The van der Waals surface area contributed by atoms with Gasteiger partial charge in [0.25, 0.3) is 11.8 Å². The Bertz CT molecular complexity index is 1340. The van der Waals surface area contributed by atoms with Gasteiger partial charge in [-0.3, -0.25) is 14.4 Å². The zero-order valence-electron chi connectivity index (χ0n) is 24.4. The number of amides is 3. The molecule has 2 aromatic rings. The summed E-state index contributed by atoms with van der Waals surface area (Å²) in [5.74, 6) is -0.497. The Morgan fingerprint density at radius 2 is 1.56 bits per heavy atom. The summed E-state index contributed by atoms with van der Waals surface area (Å²) in [5, 5.41) is 3.44. The summed E-state index contributed by atoms with van der Waals surface area (Å²) in [6, 6.07) is 6.02. The molecule has 1 N–H and O–H groups in total. The first-order chi connectivity index (χ1) is 19.7. The van der Waals surface area contributed by atoms with Crippen LogP contribution in [0.25, 0.3) is 0 Å². The maximum atomic E-state index is 13.7. The Labute approximate surface area is 247 Å². The second kappa shape index (κ2) is 13.9. The molecule has 0 bridgehead atoms. The van der Waals surface area contributed by atoms with Crippen LogP contribution in [0.4, 0.5) is 5.00 Å². The van der Waals surface area contributed by atoms with Crippen LogP contribution in [0.3, 0.4) is 0 Å². The van der Waals surface area contributed by atoms with Gasteiger partial charge in [0, 0.05) is 50.1 Å². The molecule has 0 saturated carbocycles. The summed E-state index contributed by atoms with van der Waals surface area (Å²) < 4.78 is 28.2. The van der Waals surface area contributed by atoms with Crippen LogP contribution in [0.5, 0.6) is 0 Å². The molecule has 3 heterocycles. The summed E-state index contributed by atoms with van der Waals surface area (Å²) in [6.07, 6.45) is 6.96. The van der Waals surface area contributed by atoms with E-state index in [9.17, 15) is 22.8 Å². The maximum Gasteiger partial charge on any atom is 0.257 e. The Kier molecular flexibility index (Phi) is 10.6. The Morgan fingerprint density at radius 1 is 0.927 bits per heavy atom. The minimum absolute atomic E-state index is 0.0171. The number of anilines is 1. The van der Waals surface area contributed by atoms with Crippen LogP contribution in [-0.2, 0) is 27.8 Å². The van der Waals surface area contributed by atoms with Crippen LogP contribution in [0.2, 0.25) is 0 Å². The zero-order chi connectivity index (χ0) is 29.6. The van der Waals surface area contributed by atoms with Gasteiger partial charge in [-0.05, 0) is 68.4 Å². The average Bonchev–Trinajstić information content (AvgIpc) is 3.34. The first-order valence-corrected chi connectivity index (χ1v) is 17.0. The molecule has 0 unspecified atom stereocenters. The first kappa shape index (κ1) is 31.2. The number of carbonyl (C=O) groups is 3. The van der Waals surface area contributed by atoms with Gasteiger partial charge in [0.15, 0.2) is 0 Å². The van der Waals surface area contributed by atoms with Crippen molar-refractivity contribution in [3.63, 3.8) is 0 Å². The molecule has 9 nitrogen and oxygen atoms in total. The number of benzene rings is 1. The second-order valence-corrected chi connectivity index (χ2v) is 13.9. The fourth-order valence-electron chi connectivity index (χ4n) is 5.37. The van der Waals surface area contributed by atoms with Crippen molar-refractivity contribution in [2.75, 3.05) is 38.0 Å². The van der Waals surface area contributed by atoms with E-state index in [1.54, 1.807) is 4.90 Å². The summed E-state index contributed by atoms with van der Waals surface area (Å²) in [5.41, 5.74) is 1.76. The lowest BCUT2D eigenvalue weighted by atomic mass is 10.0. The number of hydrogen-bond acceptors (Lipinski definition) is 6. The number of sulfonamides is 1. The number of nitrogens with zero attached hydrogens (tertiary/aromatic N) is 3. The molecule has 2 aliphatic rings. The number of unbranched alkanes of at least 4 members (excludes halogenated alkanes) is 2. The number of thiophene rings is 1. The van der Waals surface area contributed by atoms with Gasteiger partial charge in [0.2, 0.25) is 15.9 Å². The van der Waals surface area contributed by atoms with Crippen molar-refractivity contribution < 1.29 is 22.8 Å². The lowest BCUT2D eigenvalue weighted by molar-refractivity contribution is -0.129. The van der Waals surface area contributed by atoms with Crippen molar-refractivity contribution in [3.8, 4) is 0 Å². The van der Waals surface area contributed by atoms with Gasteiger partial charge in [-0.1, -0.05) is 26.7 Å². The molecule has 1 fully saturated rings. The summed E-state index contributed by atoms with van der Waals surface area (Å²) in [7, 11) is -3.67. The van der Waals surface area contributed by atoms with E-state index in [1.807, 2.05) is 18.7 Å². The summed E-state index contributed by atoms with van der Waals surface area (Å²) in [4.78, 5) is 43.8. The summed E-state index contributed by atoms with van der Waals surface area (Å²) >= 11 is 1.35. The van der Waals surface area contributed by atoms with Gasteiger partial charge in [0.05, 0.1) is 17.0 Å². The van der Waals surface area contributed by atoms with E-state index in [2.05, 4.69) is 5.32 Å². The van der Waals surface area contributed by atoms with Gasteiger partial charge in [-0.25, -0.2) is 8.42 Å². The van der Waals surface area contributed by atoms with Crippen LogP contribution in [-0.4, -0.2) is 73.0 Å². The molecule has 1 saturated heterocycles. The Morgan fingerprint density at radius 3 is 2.15 bits per heavy atom. The highest BCUT2D eigenvalue weighted by molar-refractivity contribution is 7.89. The fourth-order valence-corrected chi connectivity index (χ4v) is 8.13. The molecular weight excluding hydrogens is 560 g/mol. The lowest BCUT2D eigenvalue weighted by Crippen LogP contribution is -2.38. The smallest absolute Gasteiger partial charge is 0.257 e. The molecule has 1 aromatic carbocycles. The maximum absolute atomic E-state index is 13.7. The third kappa shape index (κ3) is 7.18. The molecule has 4 rings (SSSR count). The molecular formula is C30H42N4O5S2. The van der Waals surface area contributed by atoms with Crippen LogP contribution in [0.15, 0.2) is 29.2 Å². The number of likely N-dealkylation sites (tertiary alicyclic amines) is 1. The fraction of sp³-hybridized carbons (Fsp3) is 0.567. The van der Waals surface area contributed by atoms with E-state index in [0.29, 0.717) is 61.8 Å². The lowest BCUT2D eigenvalue weighted by Gasteiger charge is -2.29. The van der Waals surface area contributed by atoms with Crippen LogP contribution >= 0.6 is 11.3 Å². The second-order valence-electron chi connectivity index (χ2n) is 10.8. The number of hydrogen-bond donors (Lipinski definition) is 1. The van der Waals surface area contributed by atoms with Crippen molar-refractivity contribution in [2.24, 2.45) is 0 Å². The zero-order valence-corrected chi connectivity index (χ0v) is 26.0. The van der Waals surface area contributed by atoms with E-state index >= 15 is 0 Å². The van der Waals surface area contributed by atoms with E-state index in [1.165, 1.54) is 46.8 Å². The predicted molar refractivity (Wildman–Crippen MR) is 162 cm³/mol. The molecule has 0 radical (unpaired) electrons. The quantitative estimate of drug-likeness (QED) is 0.384. The topological polar surface area (TPSA) is 107 Å². The third-order valence-electron chi connectivity index (χ3n) is 7.86. The normalized spacial score (nSPS) is 15.6. The number of fused-ring (bicyclic) bond motifs is 1. The van der Waals surface area contributed by atoms with E-state index in [-0.39, 0.29) is 16.7 Å². The number of piperidine rings is 1. The largest absolute Gasteiger partial charge is 0.339 e. The molecule has 41 heavy (non-hydrogen) atoms. The number of carbonyl (C=O) groups excluding carboxylic acids is 3. The molecule has 224 valence electrons. The van der Waals surface area contributed by atoms with Crippen LogP contribution in [0, 0.1) is 0 Å².